The van der Waals surface area contributed by atoms with E-state index in [0.717, 1.165) is 28.7 Å². The van der Waals surface area contributed by atoms with Gasteiger partial charge in [-0.3, -0.25) is 0 Å². The molecule has 10 heteroatoms. The van der Waals surface area contributed by atoms with Gasteiger partial charge in [0.25, 0.3) is 10.0 Å². The molecule has 2 aromatic carbocycles. The molecule has 0 saturated carbocycles. The van der Waals surface area contributed by atoms with Crippen LogP contribution in [0.3, 0.4) is 0 Å². The summed E-state index contributed by atoms with van der Waals surface area (Å²) in [5.41, 5.74) is 2.55. The summed E-state index contributed by atoms with van der Waals surface area (Å²) < 4.78 is 47.6. The maximum absolute atomic E-state index is 13.8. The Morgan fingerprint density at radius 3 is 2.90 bits per heavy atom. The van der Waals surface area contributed by atoms with E-state index in [4.69, 9.17) is 4.65 Å². The van der Waals surface area contributed by atoms with Crippen LogP contribution in [0.5, 0.6) is 0 Å². The van der Waals surface area contributed by atoms with E-state index >= 15 is 0 Å². The Bertz CT molecular complexity index is 1130. The van der Waals surface area contributed by atoms with Gasteiger partial charge in [-0.15, -0.1) is 4.40 Å². The van der Waals surface area contributed by atoms with E-state index in [0.29, 0.717) is 13.2 Å². The van der Waals surface area contributed by atoms with Crippen molar-refractivity contribution in [2.75, 3.05) is 6.54 Å². The lowest BCUT2D eigenvalue weighted by Crippen LogP contribution is -2.30. The number of hydrazone groups is 1. The van der Waals surface area contributed by atoms with Gasteiger partial charge >= 0.3 is 7.12 Å². The van der Waals surface area contributed by atoms with Gasteiger partial charge in [-0.1, -0.05) is 26.0 Å². The third kappa shape index (κ3) is 3.83. The van der Waals surface area contributed by atoms with Crippen molar-refractivity contribution in [2.45, 2.75) is 25.3 Å². The number of hydrogen-bond acceptors (Lipinski definition) is 6. The molecule has 4 rings (SSSR count). The van der Waals surface area contributed by atoms with Crippen LogP contribution >= 0.6 is 0 Å². The summed E-state index contributed by atoms with van der Waals surface area (Å²) in [7, 11) is -4.81. The van der Waals surface area contributed by atoms with Crippen LogP contribution in [-0.4, -0.2) is 44.2 Å². The molecule has 0 bridgehead atoms. The summed E-state index contributed by atoms with van der Waals surface area (Å²) >= 11 is 0. The highest BCUT2D eigenvalue weighted by Crippen LogP contribution is 2.29. The van der Waals surface area contributed by atoms with Gasteiger partial charge in [0.2, 0.25) is 0 Å². The highest BCUT2D eigenvalue weighted by atomic mass is 32.2. The lowest BCUT2D eigenvalue weighted by Gasteiger charge is -2.21. The Hall–Kier alpha value is -2.56. The molecule has 2 aliphatic heterocycles. The van der Waals surface area contributed by atoms with E-state index in [9.17, 15) is 17.8 Å². The molecule has 0 amide bonds. The topological polar surface area (TPSA) is 91.6 Å². The Kier molecular flexibility index (Phi) is 5.01. The number of rotatable bonds is 4. The quantitative estimate of drug-likeness (QED) is 0.464. The van der Waals surface area contributed by atoms with Crippen LogP contribution in [-0.2, 0) is 21.3 Å². The number of nitrogens with zero attached hydrogens (tertiary/aromatic N) is 3. The SMILES string of the molecule is CC(C)CN(/N=C/c1ccc2c(c1)COB2O)C1=NS(=O)(=O)c2ccc(F)cc21. The number of benzene rings is 2. The predicted octanol–water partition coefficient (Wildman–Crippen LogP) is 1.48. The van der Waals surface area contributed by atoms with E-state index in [2.05, 4.69) is 9.50 Å². The normalized spacial score (nSPS) is 17.0. The summed E-state index contributed by atoms with van der Waals surface area (Å²) in [5, 5.41) is 15.7. The Labute approximate surface area is 168 Å². The molecular weight excluding hydrogens is 396 g/mol. The third-order valence-corrected chi connectivity index (χ3v) is 5.95. The van der Waals surface area contributed by atoms with Crippen molar-refractivity contribution in [1.82, 2.24) is 5.01 Å². The lowest BCUT2D eigenvalue weighted by atomic mass is 9.79. The van der Waals surface area contributed by atoms with Gasteiger partial charge < -0.3 is 9.68 Å². The molecule has 7 nitrogen and oxygen atoms in total. The summed E-state index contributed by atoms with van der Waals surface area (Å²) in [4.78, 5) is -0.0264. The van der Waals surface area contributed by atoms with E-state index in [1.165, 1.54) is 11.1 Å². The molecule has 2 heterocycles. The minimum absolute atomic E-state index is 0.0264. The van der Waals surface area contributed by atoms with Crippen LogP contribution in [0, 0.1) is 11.7 Å². The highest BCUT2D eigenvalue weighted by Gasteiger charge is 2.33. The summed E-state index contributed by atoms with van der Waals surface area (Å²) in [6, 6.07) is 8.89. The van der Waals surface area contributed by atoms with Crippen molar-refractivity contribution >= 4 is 34.7 Å². The standard InChI is InChI=1S/C19H19BFN3O4S/c1-12(2)10-24(19-16-8-15(21)4-6-18(16)29(26,27)23-19)22-9-13-3-5-17-14(7-13)11-28-20(17)25/h3-9,12,25H,10-11H2,1-2H3/b22-9+. The first kappa shape index (κ1) is 19.7. The molecule has 0 aromatic heterocycles. The van der Waals surface area contributed by atoms with Gasteiger partial charge in [-0.2, -0.15) is 13.5 Å². The average molecular weight is 415 g/mol. The maximum atomic E-state index is 13.8. The molecule has 0 saturated heterocycles. The van der Waals surface area contributed by atoms with E-state index in [1.54, 1.807) is 18.3 Å². The van der Waals surface area contributed by atoms with Gasteiger partial charge in [0.05, 0.1) is 12.8 Å². The zero-order valence-corrected chi connectivity index (χ0v) is 16.7. The first-order chi connectivity index (χ1) is 13.7. The predicted molar refractivity (Wildman–Crippen MR) is 108 cm³/mol. The molecule has 0 fully saturated rings. The fourth-order valence-corrected chi connectivity index (χ4v) is 4.49. The Morgan fingerprint density at radius 1 is 1.34 bits per heavy atom. The molecule has 29 heavy (non-hydrogen) atoms. The number of hydrogen-bond donors (Lipinski definition) is 1. The van der Waals surface area contributed by atoms with E-state index in [1.807, 2.05) is 19.9 Å². The second kappa shape index (κ2) is 7.36. The van der Waals surface area contributed by atoms with Gasteiger partial charge in [0, 0.05) is 12.1 Å². The smallest absolute Gasteiger partial charge is 0.423 e. The van der Waals surface area contributed by atoms with Crippen molar-refractivity contribution < 1.29 is 22.5 Å². The van der Waals surface area contributed by atoms with Crippen LogP contribution in [0.1, 0.15) is 30.5 Å². The first-order valence-electron chi connectivity index (χ1n) is 9.13. The molecule has 0 unspecified atom stereocenters. The third-order valence-electron chi connectivity index (χ3n) is 4.63. The maximum Gasteiger partial charge on any atom is 0.491 e. The number of sulfonamides is 1. The minimum atomic E-state index is -3.89. The van der Waals surface area contributed by atoms with Gasteiger partial charge in [-0.25, -0.2) is 9.40 Å². The lowest BCUT2D eigenvalue weighted by molar-refractivity contribution is 0.275. The van der Waals surface area contributed by atoms with Crippen molar-refractivity contribution in [1.29, 1.82) is 0 Å². The molecule has 0 atom stereocenters. The van der Waals surface area contributed by atoms with Gasteiger partial charge in [0.1, 0.15) is 10.7 Å². The van der Waals surface area contributed by atoms with Crippen LogP contribution in [0.15, 0.2) is 50.8 Å². The molecule has 2 aromatic rings. The van der Waals surface area contributed by atoms with Crippen LogP contribution < -0.4 is 5.46 Å². The van der Waals surface area contributed by atoms with Crippen molar-refractivity contribution in [3.05, 3.63) is 58.9 Å². The van der Waals surface area contributed by atoms with Gasteiger partial charge in [0.15, 0.2) is 5.84 Å². The summed E-state index contributed by atoms with van der Waals surface area (Å²) in [6.45, 7) is 4.64. The largest absolute Gasteiger partial charge is 0.491 e. The molecule has 150 valence electrons. The van der Waals surface area contributed by atoms with Crippen LogP contribution in [0.25, 0.3) is 0 Å². The van der Waals surface area contributed by atoms with E-state index < -0.39 is 23.0 Å². The zero-order valence-electron chi connectivity index (χ0n) is 15.9. The van der Waals surface area contributed by atoms with Crippen LogP contribution in [0.2, 0.25) is 0 Å². The Balaban J connectivity index is 1.70. The number of halogens is 1. The highest BCUT2D eigenvalue weighted by molar-refractivity contribution is 7.90. The minimum Gasteiger partial charge on any atom is -0.423 e. The summed E-state index contributed by atoms with van der Waals surface area (Å²) in [5.74, 6) is -0.290. The van der Waals surface area contributed by atoms with Gasteiger partial charge in [-0.05, 0) is 46.8 Å². The second-order valence-electron chi connectivity index (χ2n) is 7.37. The number of fused-ring (bicyclic) bond motifs is 2. The zero-order chi connectivity index (χ0) is 20.8. The van der Waals surface area contributed by atoms with Crippen molar-refractivity contribution in [2.24, 2.45) is 15.4 Å². The molecule has 1 N–H and O–H groups in total. The molecule has 0 radical (unpaired) electrons. The fraction of sp³-hybridized carbons (Fsp3) is 0.263. The van der Waals surface area contributed by atoms with Crippen molar-refractivity contribution in [3.8, 4) is 0 Å². The molecule has 2 aliphatic rings. The second-order valence-corrected chi connectivity index (χ2v) is 8.95. The van der Waals surface area contributed by atoms with E-state index in [-0.39, 0.29) is 22.2 Å². The first-order valence-corrected chi connectivity index (χ1v) is 10.6. The van der Waals surface area contributed by atoms with Crippen LogP contribution in [0.4, 0.5) is 4.39 Å². The molecular formula is C19H19BFN3O4S. The fourth-order valence-electron chi connectivity index (χ4n) is 3.30. The average Bonchev–Trinajstić information content (AvgIpc) is 3.15. The molecule has 0 aliphatic carbocycles. The number of amidine groups is 1. The van der Waals surface area contributed by atoms with Crippen molar-refractivity contribution in [3.63, 3.8) is 0 Å². The summed E-state index contributed by atoms with van der Waals surface area (Å²) in [6.07, 6.45) is 1.58. The molecule has 0 spiro atoms. The monoisotopic (exact) mass is 415 g/mol. The Morgan fingerprint density at radius 2 is 2.14 bits per heavy atom.